The van der Waals surface area contributed by atoms with Gasteiger partial charge in [-0.2, -0.15) is 0 Å². The van der Waals surface area contributed by atoms with Crippen LogP contribution in [0.3, 0.4) is 0 Å². The lowest BCUT2D eigenvalue weighted by molar-refractivity contribution is -0.112. The summed E-state index contributed by atoms with van der Waals surface area (Å²) in [5.74, 6) is -0.393. The van der Waals surface area contributed by atoms with Gasteiger partial charge in [0.25, 0.3) is 11.7 Å². The first-order chi connectivity index (χ1) is 19.8. The third-order valence-corrected chi connectivity index (χ3v) is 7.86. The molecule has 1 saturated heterocycles. The minimum Gasteiger partial charge on any atom is -0.385 e. The molecule has 0 atom stereocenters. The zero-order valence-electron chi connectivity index (χ0n) is 23.2. The van der Waals surface area contributed by atoms with E-state index in [1.54, 1.807) is 22.7 Å². The molecule has 206 valence electrons. The van der Waals surface area contributed by atoms with Crippen molar-refractivity contribution >= 4 is 28.7 Å². The average molecular weight is 545 g/mol. The number of aromatic nitrogens is 2. The number of nitrogens with one attached hydrogen (secondary N) is 1. The molecule has 1 aliphatic heterocycles. The number of rotatable bonds is 6. The molecule has 1 fully saturated rings. The number of fused-ring (bicyclic) bond motifs is 1. The molecule has 7 heteroatoms. The number of Topliss-reactive ketones (excluding diaryl/α,β-unsaturated/α-hetero) is 1. The topological polar surface area (TPSA) is 86.9 Å². The second-order valence-electron chi connectivity index (χ2n) is 10.8. The Morgan fingerprint density at radius 3 is 2.29 bits per heavy atom. The number of hydrogen-bond donors (Lipinski definition) is 2. The van der Waals surface area contributed by atoms with Crippen LogP contribution in [0.2, 0.25) is 0 Å². The molecule has 2 N–H and O–H groups in total. The van der Waals surface area contributed by atoms with Crippen molar-refractivity contribution in [3.63, 3.8) is 0 Å². The van der Waals surface area contributed by atoms with Crippen LogP contribution < -0.4 is 10.2 Å². The van der Waals surface area contributed by atoms with Crippen LogP contribution >= 0.6 is 0 Å². The third kappa shape index (κ3) is 5.24. The second kappa shape index (κ2) is 10.7. The van der Waals surface area contributed by atoms with E-state index in [4.69, 9.17) is 0 Å². The number of pyridine rings is 2. The van der Waals surface area contributed by atoms with Crippen LogP contribution in [0.5, 0.6) is 0 Å². The fourth-order valence-electron chi connectivity index (χ4n) is 5.73. The minimum atomic E-state index is -0.969. The lowest BCUT2D eigenvalue weighted by Crippen LogP contribution is -2.43. The highest BCUT2D eigenvalue weighted by Gasteiger charge is 2.34. The van der Waals surface area contributed by atoms with Gasteiger partial charge in [-0.1, -0.05) is 48.5 Å². The molecule has 7 nitrogen and oxygen atoms in total. The molecule has 0 spiro atoms. The molecular weight excluding hydrogens is 512 g/mol. The molecule has 6 rings (SSSR count). The Bertz CT molecular complexity index is 1710. The lowest BCUT2D eigenvalue weighted by Gasteiger charge is -2.39. The Hall–Kier alpha value is -4.75. The SMILES string of the molecule is Cc1cc(C)nc(N2CCC(O)(c3ccc(NC(=O)C(=O)c4c(-c5ccccc5)cc5ccccn45)cc3)CC2)c1. The Morgan fingerprint density at radius 2 is 1.59 bits per heavy atom. The number of carbonyl (C=O) groups is 2. The molecular formula is C34H32N4O3. The summed E-state index contributed by atoms with van der Waals surface area (Å²) in [7, 11) is 0. The molecule has 0 unspecified atom stereocenters. The van der Waals surface area contributed by atoms with Gasteiger partial charge in [-0.3, -0.25) is 9.59 Å². The Morgan fingerprint density at radius 1 is 0.878 bits per heavy atom. The van der Waals surface area contributed by atoms with Crippen molar-refractivity contribution in [3.05, 3.63) is 120 Å². The number of aryl methyl sites for hydroxylation is 2. The fourth-order valence-corrected chi connectivity index (χ4v) is 5.73. The van der Waals surface area contributed by atoms with Crippen molar-refractivity contribution in [2.45, 2.75) is 32.3 Å². The van der Waals surface area contributed by atoms with E-state index in [-0.39, 0.29) is 0 Å². The maximum absolute atomic E-state index is 13.5. The second-order valence-corrected chi connectivity index (χ2v) is 10.8. The zero-order chi connectivity index (χ0) is 28.6. The molecule has 4 heterocycles. The van der Waals surface area contributed by atoms with Gasteiger partial charge < -0.3 is 19.7 Å². The summed E-state index contributed by atoms with van der Waals surface area (Å²) < 4.78 is 1.75. The summed E-state index contributed by atoms with van der Waals surface area (Å²) >= 11 is 0. The van der Waals surface area contributed by atoms with Gasteiger partial charge in [-0.15, -0.1) is 0 Å². The molecule has 41 heavy (non-hydrogen) atoms. The van der Waals surface area contributed by atoms with E-state index in [1.165, 1.54) is 5.56 Å². The molecule has 1 amide bonds. The van der Waals surface area contributed by atoms with Gasteiger partial charge in [0.1, 0.15) is 11.5 Å². The van der Waals surface area contributed by atoms with Crippen molar-refractivity contribution in [2.24, 2.45) is 0 Å². The highest BCUT2D eigenvalue weighted by molar-refractivity contribution is 6.47. The molecule has 0 aliphatic carbocycles. The molecule has 5 aromatic rings. The highest BCUT2D eigenvalue weighted by Crippen LogP contribution is 2.35. The van der Waals surface area contributed by atoms with E-state index in [9.17, 15) is 14.7 Å². The number of aliphatic hydroxyl groups is 1. The lowest BCUT2D eigenvalue weighted by atomic mass is 9.84. The van der Waals surface area contributed by atoms with Gasteiger partial charge in [-0.25, -0.2) is 4.98 Å². The van der Waals surface area contributed by atoms with Crippen molar-refractivity contribution < 1.29 is 14.7 Å². The summed E-state index contributed by atoms with van der Waals surface area (Å²) in [5.41, 5.74) is 5.20. The quantitative estimate of drug-likeness (QED) is 0.205. The number of anilines is 2. The Labute approximate surface area is 239 Å². The fraction of sp³-hybridized carbons (Fsp3) is 0.206. The van der Waals surface area contributed by atoms with Gasteiger partial charge >= 0.3 is 0 Å². The number of nitrogens with zero attached hydrogens (tertiary/aromatic N) is 3. The maximum atomic E-state index is 13.5. The predicted molar refractivity (Wildman–Crippen MR) is 161 cm³/mol. The number of piperidine rings is 1. The standard InChI is InChI=1S/C34H32N4O3/c1-23-20-24(2)35-30(21-23)37-18-15-34(41,16-19-37)26-11-13-27(14-12-26)36-33(40)32(39)31-29(25-8-4-3-5-9-25)22-28-10-6-7-17-38(28)31/h3-14,17,20-22,41H,15-16,18-19H2,1-2H3,(H,36,40). The minimum absolute atomic E-state index is 0.320. The summed E-state index contributed by atoms with van der Waals surface area (Å²) in [5, 5.41) is 14.2. The number of hydrogen-bond acceptors (Lipinski definition) is 5. The number of carbonyl (C=O) groups excluding carboxylic acids is 2. The van der Waals surface area contributed by atoms with E-state index in [0.29, 0.717) is 42.9 Å². The van der Waals surface area contributed by atoms with Gasteiger partial charge in [0, 0.05) is 41.7 Å². The average Bonchev–Trinajstić information content (AvgIpc) is 3.37. The van der Waals surface area contributed by atoms with Crippen molar-refractivity contribution in [3.8, 4) is 11.1 Å². The van der Waals surface area contributed by atoms with Crippen LogP contribution in [0.1, 0.15) is 40.2 Å². The molecule has 3 aromatic heterocycles. The Kier molecular flexibility index (Phi) is 6.89. The third-order valence-electron chi connectivity index (χ3n) is 7.86. The van der Waals surface area contributed by atoms with Crippen molar-refractivity contribution in [2.75, 3.05) is 23.3 Å². The smallest absolute Gasteiger partial charge is 0.298 e. The van der Waals surface area contributed by atoms with E-state index in [0.717, 1.165) is 28.2 Å². The van der Waals surface area contributed by atoms with Crippen molar-refractivity contribution in [1.29, 1.82) is 0 Å². The molecule has 0 radical (unpaired) electrons. The van der Waals surface area contributed by atoms with Crippen LogP contribution in [0.4, 0.5) is 11.5 Å². The maximum Gasteiger partial charge on any atom is 0.298 e. The van der Waals surface area contributed by atoms with Gasteiger partial charge in [0.15, 0.2) is 0 Å². The first-order valence-corrected chi connectivity index (χ1v) is 13.9. The van der Waals surface area contributed by atoms with Crippen LogP contribution in [0, 0.1) is 13.8 Å². The molecule has 1 aliphatic rings. The van der Waals surface area contributed by atoms with Gasteiger partial charge in [0.05, 0.1) is 5.60 Å². The normalized spacial score (nSPS) is 14.7. The summed E-state index contributed by atoms with van der Waals surface area (Å²) in [6.07, 6.45) is 2.92. The number of benzene rings is 2. The van der Waals surface area contributed by atoms with E-state index in [2.05, 4.69) is 34.3 Å². The van der Waals surface area contributed by atoms with Crippen LogP contribution in [-0.2, 0) is 10.4 Å². The molecule has 0 bridgehead atoms. The monoisotopic (exact) mass is 544 g/mol. The molecule has 0 saturated carbocycles. The van der Waals surface area contributed by atoms with Crippen molar-refractivity contribution in [1.82, 2.24) is 9.38 Å². The number of amides is 1. The Balaban J connectivity index is 1.17. The molecule has 2 aromatic carbocycles. The van der Waals surface area contributed by atoms with Gasteiger partial charge in [0.2, 0.25) is 0 Å². The van der Waals surface area contributed by atoms with E-state index in [1.807, 2.05) is 73.7 Å². The first kappa shape index (κ1) is 26.5. The first-order valence-electron chi connectivity index (χ1n) is 13.9. The number of ketones is 1. The van der Waals surface area contributed by atoms with E-state index < -0.39 is 17.3 Å². The van der Waals surface area contributed by atoms with Gasteiger partial charge in [-0.05, 0) is 85.8 Å². The zero-order valence-corrected chi connectivity index (χ0v) is 23.2. The van der Waals surface area contributed by atoms with Crippen LogP contribution in [-0.4, -0.2) is 39.3 Å². The predicted octanol–water partition coefficient (Wildman–Crippen LogP) is 5.93. The summed E-state index contributed by atoms with van der Waals surface area (Å²) in [4.78, 5) is 33.5. The van der Waals surface area contributed by atoms with E-state index >= 15 is 0 Å². The summed E-state index contributed by atoms with van der Waals surface area (Å²) in [6.45, 7) is 5.44. The highest BCUT2D eigenvalue weighted by atomic mass is 16.3. The summed E-state index contributed by atoms with van der Waals surface area (Å²) in [6, 6.07) is 28.4. The van der Waals surface area contributed by atoms with Crippen LogP contribution in [0.25, 0.3) is 16.6 Å². The largest absolute Gasteiger partial charge is 0.385 e. The van der Waals surface area contributed by atoms with Crippen LogP contribution in [0.15, 0.2) is 97.2 Å².